The molecular formula is C18H23NO. The van der Waals surface area contributed by atoms with E-state index >= 15 is 0 Å². The topological polar surface area (TPSA) is 35.2 Å². The third-order valence-electron chi connectivity index (χ3n) is 4.00. The van der Waals surface area contributed by atoms with Crippen LogP contribution in [0.2, 0.25) is 0 Å². The van der Waals surface area contributed by atoms with Crippen LogP contribution in [0, 0.1) is 5.92 Å². The molecule has 0 saturated heterocycles. The summed E-state index contributed by atoms with van der Waals surface area (Å²) < 4.78 is 6.04. The lowest BCUT2D eigenvalue weighted by Crippen LogP contribution is -2.18. The molecule has 1 aliphatic rings. The molecule has 1 fully saturated rings. The predicted molar refractivity (Wildman–Crippen MR) is 84.1 cm³/mol. The summed E-state index contributed by atoms with van der Waals surface area (Å²) in [7, 11) is 0. The van der Waals surface area contributed by atoms with E-state index in [9.17, 15) is 0 Å². The molecule has 2 aromatic rings. The Kier molecular flexibility index (Phi) is 3.93. The molecule has 0 heterocycles. The van der Waals surface area contributed by atoms with Crippen LogP contribution in [0.25, 0.3) is 10.8 Å². The Bertz CT molecular complexity index is 587. The molecule has 0 spiro atoms. The number of benzene rings is 2. The zero-order valence-electron chi connectivity index (χ0n) is 12.1. The van der Waals surface area contributed by atoms with Gasteiger partial charge in [-0.3, -0.25) is 0 Å². The lowest BCUT2D eigenvalue weighted by atomic mass is 9.98. The van der Waals surface area contributed by atoms with Crippen LogP contribution in [0.1, 0.15) is 31.7 Å². The Labute approximate surface area is 120 Å². The molecule has 0 radical (unpaired) electrons. The number of hydrogen-bond acceptors (Lipinski definition) is 2. The van der Waals surface area contributed by atoms with Crippen LogP contribution in [-0.2, 0) is 6.42 Å². The van der Waals surface area contributed by atoms with E-state index < -0.39 is 0 Å². The third-order valence-corrected chi connectivity index (χ3v) is 4.00. The average molecular weight is 269 g/mol. The summed E-state index contributed by atoms with van der Waals surface area (Å²) >= 11 is 0. The Morgan fingerprint density at radius 2 is 2.00 bits per heavy atom. The SMILES string of the molecule is CC(N)Cc1c(OCCC2CC2)ccc2ccccc12. The van der Waals surface area contributed by atoms with E-state index in [2.05, 4.69) is 43.3 Å². The number of rotatable bonds is 6. The van der Waals surface area contributed by atoms with Gasteiger partial charge in [0, 0.05) is 11.6 Å². The molecule has 0 aromatic heterocycles. The van der Waals surface area contributed by atoms with Gasteiger partial charge < -0.3 is 10.5 Å². The molecule has 1 unspecified atom stereocenters. The van der Waals surface area contributed by atoms with E-state index in [-0.39, 0.29) is 6.04 Å². The minimum atomic E-state index is 0.145. The van der Waals surface area contributed by atoms with Crippen LogP contribution in [-0.4, -0.2) is 12.6 Å². The first-order valence-electron chi connectivity index (χ1n) is 7.63. The van der Waals surface area contributed by atoms with Crippen LogP contribution in [0.15, 0.2) is 36.4 Å². The van der Waals surface area contributed by atoms with Crippen molar-refractivity contribution in [1.82, 2.24) is 0 Å². The van der Waals surface area contributed by atoms with Crippen LogP contribution in [0.5, 0.6) is 5.75 Å². The van der Waals surface area contributed by atoms with Gasteiger partial charge in [-0.2, -0.15) is 0 Å². The fourth-order valence-corrected chi connectivity index (χ4v) is 2.73. The molecule has 2 aromatic carbocycles. The highest BCUT2D eigenvalue weighted by atomic mass is 16.5. The van der Waals surface area contributed by atoms with Crippen molar-refractivity contribution in [3.63, 3.8) is 0 Å². The summed E-state index contributed by atoms with van der Waals surface area (Å²) in [4.78, 5) is 0. The third kappa shape index (κ3) is 3.13. The van der Waals surface area contributed by atoms with Crippen molar-refractivity contribution in [3.05, 3.63) is 42.0 Å². The predicted octanol–water partition coefficient (Wildman–Crippen LogP) is 3.91. The first-order chi connectivity index (χ1) is 9.74. The molecule has 0 bridgehead atoms. The second-order valence-electron chi connectivity index (χ2n) is 6.03. The highest BCUT2D eigenvalue weighted by Crippen LogP contribution is 2.33. The molecule has 0 aliphatic heterocycles. The van der Waals surface area contributed by atoms with E-state index in [4.69, 9.17) is 10.5 Å². The molecule has 2 heteroatoms. The maximum absolute atomic E-state index is 6.04. The Balaban J connectivity index is 1.87. The Hall–Kier alpha value is -1.54. The summed E-state index contributed by atoms with van der Waals surface area (Å²) in [5, 5.41) is 2.53. The van der Waals surface area contributed by atoms with Crippen LogP contribution in [0.4, 0.5) is 0 Å². The van der Waals surface area contributed by atoms with Gasteiger partial charge >= 0.3 is 0 Å². The normalized spacial score (nSPS) is 16.3. The van der Waals surface area contributed by atoms with E-state index in [1.165, 1.54) is 35.6 Å². The van der Waals surface area contributed by atoms with Gasteiger partial charge in [0.05, 0.1) is 6.61 Å². The van der Waals surface area contributed by atoms with Crippen LogP contribution in [0.3, 0.4) is 0 Å². The molecule has 0 amide bonds. The molecule has 2 nitrogen and oxygen atoms in total. The minimum absolute atomic E-state index is 0.145. The maximum Gasteiger partial charge on any atom is 0.123 e. The highest BCUT2D eigenvalue weighted by Gasteiger charge is 2.21. The van der Waals surface area contributed by atoms with Crippen LogP contribution < -0.4 is 10.5 Å². The fraction of sp³-hybridized carbons (Fsp3) is 0.444. The number of ether oxygens (including phenoxy) is 1. The van der Waals surface area contributed by atoms with Crippen molar-refractivity contribution >= 4 is 10.8 Å². The van der Waals surface area contributed by atoms with Crippen molar-refractivity contribution < 1.29 is 4.74 Å². The summed E-state index contributed by atoms with van der Waals surface area (Å²) in [6.07, 6.45) is 4.81. The largest absolute Gasteiger partial charge is 0.493 e. The minimum Gasteiger partial charge on any atom is -0.493 e. The number of hydrogen-bond donors (Lipinski definition) is 1. The lowest BCUT2D eigenvalue weighted by Gasteiger charge is -2.16. The summed E-state index contributed by atoms with van der Waals surface area (Å²) in [6.45, 7) is 2.88. The Morgan fingerprint density at radius 3 is 2.75 bits per heavy atom. The van der Waals surface area contributed by atoms with Crippen LogP contribution >= 0.6 is 0 Å². The molecule has 20 heavy (non-hydrogen) atoms. The molecule has 3 rings (SSSR count). The zero-order chi connectivity index (χ0) is 13.9. The standard InChI is InChI=1S/C18H23NO/c1-13(19)12-17-16-5-3-2-4-15(16)8-9-18(17)20-11-10-14-6-7-14/h2-5,8-9,13-14H,6-7,10-12,19H2,1H3. The molecule has 1 aliphatic carbocycles. The average Bonchev–Trinajstić information content (AvgIpc) is 3.25. The molecule has 106 valence electrons. The van der Waals surface area contributed by atoms with Gasteiger partial charge in [0.25, 0.3) is 0 Å². The second-order valence-corrected chi connectivity index (χ2v) is 6.03. The second kappa shape index (κ2) is 5.84. The Morgan fingerprint density at radius 1 is 1.20 bits per heavy atom. The van der Waals surface area contributed by atoms with Gasteiger partial charge in [-0.1, -0.05) is 43.2 Å². The van der Waals surface area contributed by atoms with E-state index in [1.54, 1.807) is 0 Å². The quantitative estimate of drug-likeness (QED) is 0.863. The van der Waals surface area contributed by atoms with Crippen molar-refractivity contribution in [1.29, 1.82) is 0 Å². The van der Waals surface area contributed by atoms with Gasteiger partial charge in [0.15, 0.2) is 0 Å². The molecule has 1 atom stereocenters. The van der Waals surface area contributed by atoms with Gasteiger partial charge in [0.1, 0.15) is 5.75 Å². The van der Waals surface area contributed by atoms with E-state index in [0.717, 1.165) is 24.7 Å². The first-order valence-corrected chi connectivity index (χ1v) is 7.63. The first kappa shape index (κ1) is 13.4. The van der Waals surface area contributed by atoms with Crippen molar-refractivity contribution in [2.45, 2.75) is 38.6 Å². The molecule has 1 saturated carbocycles. The monoisotopic (exact) mass is 269 g/mol. The van der Waals surface area contributed by atoms with E-state index in [0.29, 0.717) is 0 Å². The lowest BCUT2D eigenvalue weighted by molar-refractivity contribution is 0.299. The highest BCUT2D eigenvalue weighted by molar-refractivity contribution is 5.87. The number of nitrogens with two attached hydrogens (primary N) is 1. The summed E-state index contributed by atoms with van der Waals surface area (Å²) in [5.41, 5.74) is 7.27. The maximum atomic E-state index is 6.04. The van der Waals surface area contributed by atoms with Gasteiger partial charge in [0.2, 0.25) is 0 Å². The number of fused-ring (bicyclic) bond motifs is 1. The van der Waals surface area contributed by atoms with Crippen molar-refractivity contribution in [2.24, 2.45) is 11.7 Å². The van der Waals surface area contributed by atoms with Crippen molar-refractivity contribution in [2.75, 3.05) is 6.61 Å². The molecular weight excluding hydrogens is 246 g/mol. The molecule has 2 N–H and O–H groups in total. The van der Waals surface area contributed by atoms with Gasteiger partial charge in [-0.15, -0.1) is 0 Å². The van der Waals surface area contributed by atoms with E-state index in [1.807, 2.05) is 0 Å². The zero-order valence-corrected chi connectivity index (χ0v) is 12.1. The van der Waals surface area contributed by atoms with Gasteiger partial charge in [-0.25, -0.2) is 0 Å². The van der Waals surface area contributed by atoms with Gasteiger partial charge in [-0.05, 0) is 42.5 Å². The summed E-state index contributed by atoms with van der Waals surface area (Å²) in [5.74, 6) is 1.92. The fourth-order valence-electron chi connectivity index (χ4n) is 2.73. The van der Waals surface area contributed by atoms with Crippen molar-refractivity contribution in [3.8, 4) is 5.75 Å². The smallest absolute Gasteiger partial charge is 0.123 e. The summed E-state index contributed by atoms with van der Waals surface area (Å²) in [6, 6.07) is 12.9.